The predicted octanol–water partition coefficient (Wildman–Crippen LogP) is 1.38. The molecule has 0 bridgehead atoms. The number of aryl methyl sites for hydroxylation is 1. The van der Waals surface area contributed by atoms with Crippen LogP contribution in [-0.2, 0) is 11.3 Å². The van der Waals surface area contributed by atoms with Crippen molar-refractivity contribution in [2.24, 2.45) is 0 Å². The Bertz CT molecular complexity index is 379. The highest BCUT2D eigenvalue weighted by Crippen LogP contribution is 2.03. The molecule has 0 aliphatic rings. The lowest BCUT2D eigenvalue weighted by Gasteiger charge is -2.23. The molecule has 1 aromatic heterocycles. The van der Waals surface area contributed by atoms with Crippen LogP contribution in [0.4, 0.5) is 0 Å². The molecule has 0 aromatic carbocycles. The molecule has 1 amide bonds. The van der Waals surface area contributed by atoms with Gasteiger partial charge in [-0.1, -0.05) is 5.16 Å². The zero-order valence-corrected chi connectivity index (χ0v) is 11.1. The minimum Gasteiger partial charge on any atom is -0.360 e. The van der Waals surface area contributed by atoms with Gasteiger partial charge in [-0.05, 0) is 34.6 Å². The fraction of sp³-hybridized carbons (Fsp3) is 0.667. The molecule has 0 aliphatic carbocycles. The van der Waals surface area contributed by atoms with Gasteiger partial charge in [0.25, 0.3) is 0 Å². The van der Waals surface area contributed by atoms with Crippen LogP contribution in [-0.4, -0.2) is 22.6 Å². The summed E-state index contributed by atoms with van der Waals surface area (Å²) in [6.45, 7) is 10.1. The molecule has 0 radical (unpaired) electrons. The van der Waals surface area contributed by atoms with Gasteiger partial charge in [0.15, 0.2) is 5.76 Å². The maximum absolute atomic E-state index is 11.8. The smallest absolute Gasteiger partial charge is 0.237 e. The van der Waals surface area contributed by atoms with Gasteiger partial charge in [-0.15, -0.1) is 0 Å². The molecule has 96 valence electrons. The molecule has 1 heterocycles. The zero-order chi connectivity index (χ0) is 13.1. The molecule has 1 atom stereocenters. The Morgan fingerprint density at radius 1 is 1.53 bits per heavy atom. The summed E-state index contributed by atoms with van der Waals surface area (Å²) in [5, 5.41) is 9.78. The highest BCUT2D eigenvalue weighted by atomic mass is 16.5. The number of hydrogen-bond acceptors (Lipinski definition) is 4. The maximum atomic E-state index is 11.8. The molecule has 1 aromatic rings. The van der Waals surface area contributed by atoms with E-state index in [2.05, 4.69) is 15.8 Å². The van der Waals surface area contributed by atoms with Crippen LogP contribution < -0.4 is 10.6 Å². The van der Waals surface area contributed by atoms with Crippen molar-refractivity contribution in [2.45, 2.75) is 52.7 Å². The van der Waals surface area contributed by atoms with Crippen LogP contribution in [0.2, 0.25) is 0 Å². The third-order valence-corrected chi connectivity index (χ3v) is 2.15. The van der Waals surface area contributed by atoms with Crippen molar-refractivity contribution >= 4 is 5.91 Å². The number of hydrogen-bond donors (Lipinski definition) is 2. The van der Waals surface area contributed by atoms with Crippen molar-refractivity contribution in [2.75, 3.05) is 0 Å². The number of amides is 1. The van der Waals surface area contributed by atoms with E-state index in [0.717, 1.165) is 11.5 Å². The van der Waals surface area contributed by atoms with Gasteiger partial charge >= 0.3 is 0 Å². The first-order valence-corrected chi connectivity index (χ1v) is 5.75. The summed E-state index contributed by atoms with van der Waals surface area (Å²) >= 11 is 0. The minimum atomic E-state index is -0.264. The minimum absolute atomic E-state index is 0.0197. The highest BCUT2D eigenvalue weighted by molar-refractivity contribution is 5.81. The Kier molecular flexibility index (Phi) is 4.28. The van der Waals surface area contributed by atoms with Crippen LogP contribution >= 0.6 is 0 Å². The van der Waals surface area contributed by atoms with E-state index in [1.165, 1.54) is 0 Å². The molecule has 1 unspecified atom stereocenters. The largest absolute Gasteiger partial charge is 0.360 e. The van der Waals surface area contributed by atoms with E-state index in [-0.39, 0.29) is 17.5 Å². The number of carbonyl (C=O) groups is 1. The second-order valence-corrected chi connectivity index (χ2v) is 5.28. The third-order valence-electron chi connectivity index (χ3n) is 2.15. The summed E-state index contributed by atoms with van der Waals surface area (Å²) in [5.74, 6) is 0.714. The molecule has 2 N–H and O–H groups in total. The topological polar surface area (TPSA) is 67.2 Å². The second-order valence-electron chi connectivity index (χ2n) is 5.28. The van der Waals surface area contributed by atoms with Crippen LogP contribution in [0.1, 0.15) is 39.1 Å². The van der Waals surface area contributed by atoms with Crippen molar-refractivity contribution in [3.05, 3.63) is 17.5 Å². The molecule has 5 nitrogen and oxygen atoms in total. The summed E-state index contributed by atoms with van der Waals surface area (Å²) in [7, 11) is 0. The number of carbonyl (C=O) groups excluding carboxylic acids is 1. The number of nitrogens with one attached hydrogen (secondary N) is 2. The Balaban J connectivity index is 2.39. The number of nitrogens with zero attached hydrogens (tertiary/aromatic N) is 1. The van der Waals surface area contributed by atoms with Crippen LogP contribution in [0, 0.1) is 6.92 Å². The maximum Gasteiger partial charge on any atom is 0.237 e. The van der Waals surface area contributed by atoms with E-state index < -0.39 is 0 Å². The Morgan fingerprint density at radius 2 is 2.18 bits per heavy atom. The van der Waals surface area contributed by atoms with Gasteiger partial charge < -0.3 is 9.84 Å². The first-order valence-electron chi connectivity index (χ1n) is 5.75. The van der Waals surface area contributed by atoms with Gasteiger partial charge in [0.2, 0.25) is 5.91 Å². The predicted molar refractivity (Wildman–Crippen MR) is 65.4 cm³/mol. The lowest BCUT2D eigenvalue weighted by molar-refractivity contribution is -0.124. The lowest BCUT2D eigenvalue weighted by atomic mass is 10.1. The molecular weight excluding hydrogens is 218 g/mol. The van der Waals surface area contributed by atoms with E-state index in [4.69, 9.17) is 4.52 Å². The van der Waals surface area contributed by atoms with Gasteiger partial charge in [0.1, 0.15) is 0 Å². The van der Waals surface area contributed by atoms with Gasteiger partial charge in [0, 0.05) is 11.6 Å². The molecular formula is C12H21N3O2. The zero-order valence-electron chi connectivity index (χ0n) is 11.1. The van der Waals surface area contributed by atoms with Gasteiger partial charge in [-0.3, -0.25) is 10.1 Å². The van der Waals surface area contributed by atoms with Crippen molar-refractivity contribution in [3.8, 4) is 0 Å². The van der Waals surface area contributed by atoms with Gasteiger partial charge in [0.05, 0.1) is 18.3 Å². The van der Waals surface area contributed by atoms with Crippen LogP contribution in [0.25, 0.3) is 0 Å². The average molecular weight is 239 g/mol. The molecule has 0 fully saturated rings. The van der Waals surface area contributed by atoms with E-state index in [0.29, 0.717) is 6.54 Å². The van der Waals surface area contributed by atoms with E-state index >= 15 is 0 Å². The normalized spacial score (nSPS) is 13.5. The first-order chi connectivity index (χ1) is 7.78. The third kappa shape index (κ3) is 4.99. The monoisotopic (exact) mass is 239 g/mol. The molecule has 0 aliphatic heterocycles. The van der Waals surface area contributed by atoms with Gasteiger partial charge in [-0.25, -0.2) is 0 Å². The number of rotatable bonds is 4. The first kappa shape index (κ1) is 13.7. The molecule has 0 saturated heterocycles. The molecule has 0 spiro atoms. The Labute approximate surface area is 102 Å². The number of aromatic nitrogens is 1. The second kappa shape index (κ2) is 5.31. The quantitative estimate of drug-likeness (QED) is 0.833. The summed E-state index contributed by atoms with van der Waals surface area (Å²) in [6, 6.07) is 1.58. The van der Waals surface area contributed by atoms with Crippen LogP contribution in [0.3, 0.4) is 0 Å². The average Bonchev–Trinajstić information content (AvgIpc) is 2.58. The Morgan fingerprint density at radius 3 is 2.65 bits per heavy atom. The van der Waals surface area contributed by atoms with E-state index in [1.54, 1.807) is 0 Å². The SMILES string of the molecule is Cc1cc(CNC(C)C(=O)NC(C)(C)C)on1. The fourth-order valence-corrected chi connectivity index (χ4v) is 1.32. The standard InChI is InChI=1S/C12H21N3O2/c1-8-6-10(17-15-8)7-13-9(2)11(16)14-12(3,4)5/h6,9,13H,7H2,1-5H3,(H,14,16). The molecule has 5 heteroatoms. The molecule has 1 rings (SSSR count). The fourth-order valence-electron chi connectivity index (χ4n) is 1.32. The van der Waals surface area contributed by atoms with Crippen molar-refractivity contribution in [1.82, 2.24) is 15.8 Å². The summed E-state index contributed by atoms with van der Waals surface area (Å²) in [4.78, 5) is 11.8. The van der Waals surface area contributed by atoms with Crippen LogP contribution in [0.5, 0.6) is 0 Å². The summed E-state index contributed by atoms with van der Waals surface area (Å²) in [5.41, 5.74) is 0.629. The van der Waals surface area contributed by atoms with Crippen molar-refractivity contribution in [1.29, 1.82) is 0 Å². The van der Waals surface area contributed by atoms with Crippen molar-refractivity contribution < 1.29 is 9.32 Å². The lowest BCUT2D eigenvalue weighted by Crippen LogP contribution is -2.49. The van der Waals surface area contributed by atoms with E-state index in [9.17, 15) is 4.79 Å². The van der Waals surface area contributed by atoms with Crippen LogP contribution in [0.15, 0.2) is 10.6 Å². The molecule has 0 saturated carbocycles. The summed E-state index contributed by atoms with van der Waals surface area (Å²) in [6.07, 6.45) is 0. The van der Waals surface area contributed by atoms with Gasteiger partial charge in [-0.2, -0.15) is 0 Å². The summed E-state index contributed by atoms with van der Waals surface area (Å²) < 4.78 is 5.05. The highest BCUT2D eigenvalue weighted by Gasteiger charge is 2.18. The van der Waals surface area contributed by atoms with E-state index in [1.807, 2.05) is 40.7 Å². The molecule has 17 heavy (non-hydrogen) atoms. The van der Waals surface area contributed by atoms with Crippen molar-refractivity contribution in [3.63, 3.8) is 0 Å². The Hall–Kier alpha value is -1.36.